The molecule has 0 aliphatic carbocycles. The van der Waals surface area contributed by atoms with Gasteiger partial charge in [0.15, 0.2) is 0 Å². The summed E-state index contributed by atoms with van der Waals surface area (Å²) in [6.45, 7) is 1.60. The Labute approximate surface area is 178 Å². The summed E-state index contributed by atoms with van der Waals surface area (Å²) in [6.07, 6.45) is 6.59. The minimum Gasteiger partial charge on any atom is -0.478 e. The van der Waals surface area contributed by atoms with Crippen molar-refractivity contribution in [1.82, 2.24) is 14.1 Å². The van der Waals surface area contributed by atoms with Crippen molar-refractivity contribution in [2.24, 2.45) is 0 Å². The van der Waals surface area contributed by atoms with E-state index in [9.17, 15) is 18.3 Å². The quantitative estimate of drug-likeness (QED) is 0.565. The fourth-order valence-electron chi connectivity index (χ4n) is 3.38. The molecule has 0 amide bonds. The molecule has 0 spiro atoms. The van der Waals surface area contributed by atoms with Gasteiger partial charge in [-0.3, -0.25) is 4.68 Å². The number of hydrogen-bond donors (Lipinski definition) is 1. The number of carboxylic acids is 1. The maximum Gasteiger partial charge on any atom is 0.337 e. The molecule has 4 rings (SSSR count). The van der Waals surface area contributed by atoms with E-state index in [4.69, 9.17) is 0 Å². The second-order valence-corrected chi connectivity index (χ2v) is 10.3. The number of nitrogens with zero attached hydrogens (tertiary/aromatic N) is 3. The molecular formula is C21H21N3O4S2. The van der Waals surface area contributed by atoms with Crippen LogP contribution in [0.1, 0.15) is 28.8 Å². The first-order valence-electron chi connectivity index (χ1n) is 9.55. The van der Waals surface area contributed by atoms with E-state index in [-0.39, 0.29) is 9.78 Å². The molecule has 1 aromatic carbocycles. The minimum absolute atomic E-state index is 0.0436. The molecule has 3 heterocycles. The monoisotopic (exact) mass is 443 g/mol. The zero-order valence-corrected chi connectivity index (χ0v) is 17.8. The van der Waals surface area contributed by atoms with Gasteiger partial charge in [0.25, 0.3) is 10.0 Å². The normalized spacial score (nSPS) is 15.5. The fraction of sp³-hybridized carbons (Fsp3) is 0.238. The Morgan fingerprint density at radius 2 is 1.87 bits per heavy atom. The predicted molar refractivity (Wildman–Crippen MR) is 116 cm³/mol. The largest absolute Gasteiger partial charge is 0.478 e. The van der Waals surface area contributed by atoms with Crippen molar-refractivity contribution in [3.05, 3.63) is 70.9 Å². The lowest BCUT2D eigenvalue weighted by molar-refractivity contribution is -0.130. The summed E-state index contributed by atoms with van der Waals surface area (Å²) in [5, 5.41) is 14.0. The Hall–Kier alpha value is -2.75. The van der Waals surface area contributed by atoms with Gasteiger partial charge < -0.3 is 5.11 Å². The van der Waals surface area contributed by atoms with Gasteiger partial charge in [0.2, 0.25) is 0 Å². The highest BCUT2D eigenvalue weighted by molar-refractivity contribution is 7.91. The van der Waals surface area contributed by atoms with Crippen molar-refractivity contribution < 1.29 is 18.3 Å². The molecule has 1 saturated heterocycles. The molecule has 0 bridgehead atoms. The Kier molecular flexibility index (Phi) is 5.85. The van der Waals surface area contributed by atoms with Crippen LogP contribution in [0.3, 0.4) is 0 Å². The molecule has 3 aromatic rings. The standard InChI is InChI=1S/C21H21N3O4S2/c25-21(26)18(12-17-13-22-23(15-17)14-16-6-2-1-3-7-16)19-8-9-20(29-19)30(27,28)24-10-4-5-11-24/h1-3,6-9,12-13,15H,4-5,10-11,14H2,(H,25,26)/b18-12+. The molecule has 156 valence electrons. The average Bonchev–Trinajstić information content (AvgIpc) is 3.48. The number of aliphatic carboxylic acids is 1. The van der Waals surface area contributed by atoms with Crippen molar-refractivity contribution in [2.75, 3.05) is 13.1 Å². The van der Waals surface area contributed by atoms with Crippen LogP contribution in [0.15, 0.2) is 59.1 Å². The molecule has 7 nitrogen and oxygen atoms in total. The summed E-state index contributed by atoms with van der Waals surface area (Å²) in [5.41, 5.74) is 1.77. The van der Waals surface area contributed by atoms with Crippen LogP contribution in [0.5, 0.6) is 0 Å². The van der Waals surface area contributed by atoms with Crippen molar-refractivity contribution in [3.8, 4) is 0 Å². The van der Waals surface area contributed by atoms with E-state index in [1.165, 1.54) is 16.4 Å². The summed E-state index contributed by atoms with van der Waals surface area (Å²) in [5.74, 6) is -1.11. The Balaban J connectivity index is 1.58. The molecule has 9 heteroatoms. The van der Waals surface area contributed by atoms with Gasteiger partial charge in [-0.1, -0.05) is 30.3 Å². The minimum atomic E-state index is -3.57. The van der Waals surface area contributed by atoms with Gasteiger partial charge in [0, 0.05) is 29.7 Å². The van der Waals surface area contributed by atoms with Crippen LogP contribution in [-0.2, 0) is 21.4 Å². The molecule has 1 aliphatic rings. The lowest BCUT2D eigenvalue weighted by atomic mass is 10.1. The fourth-order valence-corrected chi connectivity index (χ4v) is 6.36. The topological polar surface area (TPSA) is 92.5 Å². The van der Waals surface area contributed by atoms with Crippen LogP contribution >= 0.6 is 11.3 Å². The summed E-state index contributed by atoms with van der Waals surface area (Å²) < 4.78 is 28.8. The molecule has 1 fully saturated rings. The smallest absolute Gasteiger partial charge is 0.337 e. The first-order chi connectivity index (χ1) is 14.4. The zero-order valence-electron chi connectivity index (χ0n) is 16.1. The van der Waals surface area contributed by atoms with E-state index < -0.39 is 16.0 Å². The van der Waals surface area contributed by atoms with Gasteiger partial charge in [0.05, 0.1) is 18.3 Å². The van der Waals surface area contributed by atoms with Crippen molar-refractivity contribution in [1.29, 1.82) is 0 Å². The highest BCUT2D eigenvalue weighted by atomic mass is 32.2. The highest BCUT2D eigenvalue weighted by Crippen LogP contribution is 2.32. The number of aromatic nitrogens is 2. The molecule has 0 saturated carbocycles. The lowest BCUT2D eigenvalue weighted by Gasteiger charge is -2.13. The van der Waals surface area contributed by atoms with Gasteiger partial charge in [-0.25, -0.2) is 13.2 Å². The zero-order chi connectivity index (χ0) is 21.1. The van der Waals surface area contributed by atoms with Crippen LogP contribution in [0.25, 0.3) is 11.6 Å². The number of rotatable bonds is 7. The number of carboxylic acid groups (broad SMARTS) is 1. The third-order valence-corrected chi connectivity index (χ3v) is 8.37. The van der Waals surface area contributed by atoms with Crippen LogP contribution in [0, 0.1) is 0 Å². The maximum absolute atomic E-state index is 12.7. The highest BCUT2D eigenvalue weighted by Gasteiger charge is 2.29. The second kappa shape index (κ2) is 8.55. The Morgan fingerprint density at radius 3 is 2.57 bits per heavy atom. The molecule has 2 aromatic heterocycles. The third kappa shape index (κ3) is 4.38. The van der Waals surface area contributed by atoms with Gasteiger partial charge in [-0.15, -0.1) is 11.3 Å². The SMILES string of the molecule is O=C(O)/C(=C/c1cnn(Cc2ccccc2)c1)c1ccc(S(=O)(=O)N2CCCC2)s1. The average molecular weight is 444 g/mol. The van der Waals surface area contributed by atoms with Crippen molar-refractivity contribution in [3.63, 3.8) is 0 Å². The number of sulfonamides is 1. The Morgan fingerprint density at radius 1 is 1.13 bits per heavy atom. The van der Waals surface area contributed by atoms with Crippen LogP contribution in [0.4, 0.5) is 0 Å². The summed E-state index contributed by atoms with van der Waals surface area (Å²) >= 11 is 0.986. The van der Waals surface area contributed by atoms with Gasteiger partial charge >= 0.3 is 5.97 Å². The van der Waals surface area contributed by atoms with E-state index in [1.807, 2.05) is 30.3 Å². The summed E-state index contributed by atoms with van der Waals surface area (Å²) in [6, 6.07) is 12.9. The first kappa shape index (κ1) is 20.5. The van der Waals surface area contributed by atoms with E-state index in [0.717, 1.165) is 29.7 Å². The summed E-state index contributed by atoms with van der Waals surface area (Å²) in [4.78, 5) is 12.3. The molecule has 0 unspecified atom stereocenters. The first-order valence-corrected chi connectivity index (χ1v) is 11.8. The van der Waals surface area contributed by atoms with E-state index >= 15 is 0 Å². The molecule has 1 aliphatic heterocycles. The number of hydrogen-bond acceptors (Lipinski definition) is 5. The van der Waals surface area contributed by atoms with Gasteiger partial charge in [0.1, 0.15) is 4.21 Å². The number of carbonyl (C=O) groups is 1. The second-order valence-electron chi connectivity index (χ2n) is 7.05. The third-order valence-electron chi connectivity index (χ3n) is 4.89. The van der Waals surface area contributed by atoms with Crippen LogP contribution in [0.2, 0.25) is 0 Å². The molecule has 30 heavy (non-hydrogen) atoms. The number of thiophene rings is 1. The van der Waals surface area contributed by atoms with Crippen LogP contribution in [-0.4, -0.2) is 46.7 Å². The van der Waals surface area contributed by atoms with E-state index in [0.29, 0.717) is 30.1 Å². The summed E-state index contributed by atoms with van der Waals surface area (Å²) in [7, 11) is -3.57. The predicted octanol–water partition coefficient (Wildman–Crippen LogP) is 3.40. The van der Waals surface area contributed by atoms with Crippen molar-refractivity contribution >= 4 is 39.0 Å². The maximum atomic E-state index is 12.7. The number of benzene rings is 1. The molecule has 0 atom stereocenters. The van der Waals surface area contributed by atoms with E-state index in [2.05, 4.69) is 5.10 Å². The lowest BCUT2D eigenvalue weighted by Crippen LogP contribution is -2.27. The van der Waals surface area contributed by atoms with Crippen LogP contribution < -0.4 is 0 Å². The molecule has 0 radical (unpaired) electrons. The van der Waals surface area contributed by atoms with E-state index in [1.54, 1.807) is 23.1 Å². The van der Waals surface area contributed by atoms with Gasteiger partial charge in [-0.05, 0) is 36.6 Å². The van der Waals surface area contributed by atoms with Crippen molar-refractivity contribution in [2.45, 2.75) is 23.6 Å². The Bertz CT molecular complexity index is 1170. The van der Waals surface area contributed by atoms with Gasteiger partial charge in [-0.2, -0.15) is 9.40 Å². The molecule has 1 N–H and O–H groups in total. The molecular weight excluding hydrogens is 422 g/mol.